The fourth-order valence-electron chi connectivity index (χ4n) is 1.58. The summed E-state index contributed by atoms with van der Waals surface area (Å²) in [5, 5.41) is -0.339. The fourth-order valence-corrected chi connectivity index (χ4v) is 2.93. The van der Waals surface area contributed by atoms with E-state index in [4.69, 9.17) is 4.42 Å². The minimum absolute atomic E-state index is 0.164. The zero-order chi connectivity index (χ0) is 17.1. The molecule has 0 aliphatic heterocycles. The van der Waals surface area contributed by atoms with Gasteiger partial charge < -0.3 is 4.42 Å². The number of amides is 1. The third kappa shape index (κ3) is 4.76. The topological polar surface area (TPSA) is 126 Å². The number of hydrazine groups is 1. The number of nitrogens with one attached hydrogen (secondary N) is 3. The molecule has 0 atom stereocenters. The van der Waals surface area contributed by atoms with E-state index in [9.17, 15) is 13.2 Å². The standard InChI is InChI=1S/C13H17N5O4S/c1-13(2,3)18-23(20,21)10-6-5-9(22-10)11(19)16-17-12-14-7-4-8-15-12/h4-8,18H,1-3H3,(H,16,19)(H,14,15,17). The predicted molar refractivity (Wildman–Crippen MR) is 81.9 cm³/mol. The van der Waals surface area contributed by atoms with Crippen molar-refractivity contribution < 1.29 is 17.6 Å². The van der Waals surface area contributed by atoms with Gasteiger partial charge in [-0.05, 0) is 39.0 Å². The van der Waals surface area contributed by atoms with Gasteiger partial charge in [0.1, 0.15) is 0 Å². The Balaban J connectivity index is 2.05. The summed E-state index contributed by atoms with van der Waals surface area (Å²) < 4.78 is 31.7. The summed E-state index contributed by atoms with van der Waals surface area (Å²) in [5.41, 5.74) is 4.12. The first-order valence-corrected chi connectivity index (χ1v) is 8.13. The van der Waals surface area contributed by atoms with Crippen LogP contribution in [0.25, 0.3) is 0 Å². The van der Waals surface area contributed by atoms with Crippen LogP contribution in [0.5, 0.6) is 0 Å². The maximum atomic E-state index is 12.1. The number of furan rings is 1. The summed E-state index contributed by atoms with van der Waals surface area (Å²) in [4.78, 5) is 19.6. The molecule has 0 aromatic carbocycles. The van der Waals surface area contributed by atoms with E-state index in [2.05, 4.69) is 25.5 Å². The molecule has 0 saturated heterocycles. The van der Waals surface area contributed by atoms with Gasteiger partial charge in [-0.1, -0.05) is 0 Å². The molecule has 0 saturated carbocycles. The van der Waals surface area contributed by atoms with Crippen LogP contribution < -0.4 is 15.6 Å². The lowest BCUT2D eigenvalue weighted by molar-refractivity contribution is 0.0929. The quantitative estimate of drug-likeness (QED) is 0.691. The maximum absolute atomic E-state index is 12.1. The van der Waals surface area contributed by atoms with E-state index >= 15 is 0 Å². The van der Waals surface area contributed by atoms with Crippen LogP contribution in [0.15, 0.2) is 40.1 Å². The lowest BCUT2D eigenvalue weighted by Crippen LogP contribution is -2.40. The van der Waals surface area contributed by atoms with Gasteiger partial charge in [-0.2, -0.15) is 0 Å². The van der Waals surface area contributed by atoms with E-state index in [1.165, 1.54) is 24.5 Å². The molecule has 23 heavy (non-hydrogen) atoms. The minimum Gasteiger partial charge on any atom is -0.438 e. The highest BCUT2D eigenvalue weighted by Crippen LogP contribution is 2.16. The van der Waals surface area contributed by atoms with Crippen LogP contribution in [0.4, 0.5) is 5.95 Å². The molecule has 9 nitrogen and oxygen atoms in total. The minimum atomic E-state index is -3.84. The summed E-state index contributed by atoms with van der Waals surface area (Å²) >= 11 is 0. The fraction of sp³-hybridized carbons (Fsp3) is 0.308. The number of carbonyl (C=O) groups excluding carboxylic acids is 1. The van der Waals surface area contributed by atoms with Crippen LogP contribution in [-0.4, -0.2) is 29.8 Å². The van der Waals surface area contributed by atoms with Gasteiger partial charge in [0, 0.05) is 17.9 Å². The van der Waals surface area contributed by atoms with Crippen molar-refractivity contribution >= 4 is 21.9 Å². The Morgan fingerprint density at radius 2 is 1.83 bits per heavy atom. The van der Waals surface area contributed by atoms with Crippen LogP contribution in [0.1, 0.15) is 31.3 Å². The van der Waals surface area contributed by atoms with Crippen molar-refractivity contribution in [3.8, 4) is 0 Å². The molecule has 3 N–H and O–H groups in total. The Bertz CT molecular complexity index is 780. The monoisotopic (exact) mass is 339 g/mol. The van der Waals surface area contributed by atoms with Crippen molar-refractivity contribution in [2.75, 3.05) is 5.43 Å². The first-order valence-electron chi connectivity index (χ1n) is 6.64. The third-order valence-electron chi connectivity index (χ3n) is 2.36. The number of rotatable bonds is 5. The van der Waals surface area contributed by atoms with Crippen LogP contribution in [0, 0.1) is 0 Å². The van der Waals surface area contributed by atoms with Gasteiger partial charge in [0.15, 0.2) is 5.76 Å². The van der Waals surface area contributed by atoms with Gasteiger partial charge in [-0.25, -0.2) is 23.1 Å². The number of aromatic nitrogens is 2. The van der Waals surface area contributed by atoms with Gasteiger partial charge in [0.2, 0.25) is 11.0 Å². The van der Waals surface area contributed by atoms with Crippen LogP contribution in [0.2, 0.25) is 0 Å². The lowest BCUT2D eigenvalue weighted by Gasteiger charge is -2.18. The molecule has 0 bridgehead atoms. The Labute approximate surface area is 133 Å². The van der Waals surface area contributed by atoms with Crippen molar-refractivity contribution in [3.63, 3.8) is 0 Å². The number of carbonyl (C=O) groups is 1. The second-order valence-electron chi connectivity index (χ2n) is 5.63. The van der Waals surface area contributed by atoms with Crippen molar-refractivity contribution in [2.24, 2.45) is 0 Å². The number of hydrogen-bond donors (Lipinski definition) is 3. The Hall–Kier alpha value is -2.46. The zero-order valence-corrected chi connectivity index (χ0v) is 13.6. The SMILES string of the molecule is CC(C)(C)NS(=O)(=O)c1ccc(C(=O)NNc2ncccn2)o1. The van der Waals surface area contributed by atoms with E-state index in [0.717, 1.165) is 0 Å². The summed E-state index contributed by atoms with van der Waals surface area (Å²) in [6.07, 6.45) is 2.99. The molecule has 1 amide bonds. The van der Waals surface area contributed by atoms with Gasteiger partial charge >= 0.3 is 5.91 Å². The molecule has 0 aliphatic rings. The summed E-state index contributed by atoms with van der Waals surface area (Å²) in [5.74, 6) is -0.632. The third-order valence-corrected chi connectivity index (χ3v) is 3.99. The molecule has 2 aromatic heterocycles. The number of hydrogen-bond acceptors (Lipinski definition) is 7. The zero-order valence-electron chi connectivity index (χ0n) is 12.8. The van der Waals surface area contributed by atoms with E-state index in [0.29, 0.717) is 0 Å². The highest BCUT2D eigenvalue weighted by molar-refractivity contribution is 7.89. The Kier molecular flexibility index (Phi) is 4.66. The van der Waals surface area contributed by atoms with Crippen molar-refractivity contribution in [2.45, 2.75) is 31.4 Å². The number of anilines is 1. The average Bonchev–Trinajstić information content (AvgIpc) is 2.94. The van der Waals surface area contributed by atoms with Gasteiger partial charge in [-0.15, -0.1) is 0 Å². The van der Waals surface area contributed by atoms with Crippen LogP contribution in [-0.2, 0) is 10.0 Å². The average molecular weight is 339 g/mol. The van der Waals surface area contributed by atoms with E-state index in [-0.39, 0.29) is 16.8 Å². The van der Waals surface area contributed by atoms with Crippen molar-refractivity contribution in [3.05, 3.63) is 36.4 Å². The largest absolute Gasteiger partial charge is 0.438 e. The molecular weight excluding hydrogens is 322 g/mol. The molecule has 0 aliphatic carbocycles. The molecule has 2 aromatic rings. The van der Waals surface area contributed by atoms with Gasteiger partial charge in [-0.3, -0.25) is 15.6 Å². The summed E-state index contributed by atoms with van der Waals surface area (Å²) in [6.45, 7) is 5.10. The molecule has 0 radical (unpaired) electrons. The van der Waals surface area contributed by atoms with Crippen molar-refractivity contribution in [1.82, 2.24) is 20.1 Å². The molecule has 0 unspecified atom stereocenters. The molecule has 10 heteroatoms. The molecule has 2 heterocycles. The smallest absolute Gasteiger partial charge is 0.305 e. The first kappa shape index (κ1) is 16.9. The van der Waals surface area contributed by atoms with Crippen LogP contribution in [0.3, 0.4) is 0 Å². The second kappa shape index (κ2) is 6.34. The summed E-state index contributed by atoms with van der Waals surface area (Å²) in [7, 11) is -3.84. The Morgan fingerprint density at radius 1 is 1.17 bits per heavy atom. The molecule has 124 valence electrons. The summed E-state index contributed by atoms with van der Waals surface area (Å²) in [6, 6.07) is 4.10. The van der Waals surface area contributed by atoms with Gasteiger partial charge in [0.05, 0.1) is 0 Å². The Morgan fingerprint density at radius 3 is 2.43 bits per heavy atom. The highest BCUT2D eigenvalue weighted by atomic mass is 32.2. The van der Waals surface area contributed by atoms with Crippen LogP contribution >= 0.6 is 0 Å². The van der Waals surface area contributed by atoms with E-state index in [1.54, 1.807) is 26.8 Å². The number of sulfonamides is 1. The van der Waals surface area contributed by atoms with Crippen molar-refractivity contribution in [1.29, 1.82) is 0 Å². The maximum Gasteiger partial charge on any atom is 0.305 e. The first-order chi connectivity index (χ1) is 10.7. The van der Waals surface area contributed by atoms with E-state index < -0.39 is 21.5 Å². The predicted octanol–water partition coefficient (Wildman–Crippen LogP) is 0.903. The highest BCUT2D eigenvalue weighted by Gasteiger charge is 2.26. The number of nitrogens with zero attached hydrogens (tertiary/aromatic N) is 2. The molecule has 0 spiro atoms. The van der Waals surface area contributed by atoms with E-state index in [1.807, 2.05) is 0 Å². The molecule has 2 rings (SSSR count). The molecular formula is C13H17N5O4S. The molecule has 0 fully saturated rings. The normalized spacial score (nSPS) is 12.0. The van der Waals surface area contributed by atoms with Gasteiger partial charge in [0.25, 0.3) is 10.0 Å². The second-order valence-corrected chi connectivity index (χ2v) is 7.24. The lowest BCUT2D eigenvalue weighted by atomic mass is 10.1.